The molecule has 2 heterocycles. The average Bonchev–Trinajstić information content (AvgIpc) is 2.72. The number of rotatable bonds is 5. The van der Waals surface area contributed by atoms with E-state index in [1.807, 2.05) is 11.3 Å². The SMILES string of the molecule is CCc1ccc(CNC2CCCN(C(C)C)CC2)s1. The van der Waals surface area contributed by atoms with Gasteiger partial charge in [0.15, 0.2) is 0 Å². The predicted octanol–water partition coefficient (Wildman–Crippen LogP) is 3.66. The van der Waals surface area contributed by atoms with Crippen molar-refractivity contribution in [2.75, 3.05) is 13.1 Å². The third-order valence-corrected chi connectivity index (χ3v) is 5.35. The molecule has 1 aromatic heterocycles. The molecule has 0 spiro atoms. The predicted molar refractivity (Wildman–Crippen MR) is 84.9 cm³/mol. The Morgan fingerprint density at radius 3 is 2.74 bits per heavy atom. The van der Waals surface area contributed by atoms with Crippen molar-refractivity contribution in [2.24, 2.45) is 0 Å². The van der Waals surface area contributed by atoms with Gasteiger partial charge in [-0.15, -0.1) is 11.3 Å². The van der Waals surface area contributed by atoms with Gasteiger partial charge in [0, 0.05) is 28.4 Å². The normalized spacial score (nSPS) is 21.8. The summed E-state index contributed by atoms with van der Waals surface area (Å²) in [6.07, 6.45) is 5.12. The summed E-state index contributed by atoms with van der Waals surface area (Å²) >= 11 is 1.96. The van der Waals surface area contributed by atoms with Crippen LogP contribution in [0.3, 0.4) is 0 Å². The van der Waals surface area contributed by atoms with E-state index in [0.29, 0.717) is 12.1 Å². The van der Waals surface area contributed by atoms with Gasteiger partial charge in [-0.25, -0.2) is 0 Å². The van der Waals surface area contributed by atoms with Gasteiger partial charge in [-0.3, -0.25) is 0 Å². The maximum atomic E-state index is 3.76. The largest absolute Gasteiger partial charge is 0.309 e. The van der Waals surface area contributed by atoms with Crippen molar-refractivity contribution < 1.29 is 0 Å². The first-order chi connectivity index (χ1) is 9.19. The lowest BCUT2D eigenvalue weighted by Gasteiger charge is -2.24. The Labute approximate surface area is 122 Å². The Bertz CT molecular complexity index is 373. The monoisotopic (exact) mass is 280 g/mol. The molecule has 1 atom stereocenters. The van der Waals surface area contributed by atoms with Crippen LogP contribution in [0, 0.1) is 0 Å². The van der Waals surface area contributed by atoms with E-state index in [2.05, 4.69) is 43.1 Å². The second-order valence-corrected chi connectivity index (χ2v) is 7.11. The van der Waals surface area contributed by atoms with Crippen molar-refractivity contribution in [3.8, 4) is 0 Å². The number of nitrogens with zero attached hydrogens (tertiary/aromatic N) is 1. The quantitative estimate of drug-likeness (QED) is 0.885. The summed E-state index contributed by atoms with van der Waals surface area (Å²) in [6.45, 7) is 10.4. The Morgan fingerprint density at radius 1 is 1.26 bits per heavy atom. The third-order valence-electron chi connectivity index (χ3n) is 4.12. The Morgan fingerprint density at radius 2 is 2.05 bits per heavy atom. The van der Waals surface area contributed by atoms with Crippen LogP contribution in [0.4, 0.5) is 0 Å². The fraction of sp³-hybridized carbons (Fsp3) is 0.750. The van der Waals surface area contributed by atoms with Crippen molar-refractivity contribution in [1.82, 2.24) is 10.2 Å². The van der Waals surface area contributed by atoms with Crippen molar-refractivity contribution in [3.63, 3.8) is 0 Å². The highest BCUT2D eigenvalue weighted by atomic mass is 32.1. The van der Waals surface area contributed by atoms with E-state index in [4.69, 9.17) is 0 Å². The molecule has 0 amide bonds. The van der Waals surface area contributed by atoms with Crippen LogP contribution in [0.5, 0.6) is 0 Å². The van der Waals surface area contributed by atoms with Crippen LogP contribution in [-0.4, -0.2) is 30.1 Å². The summed E-state index contributed by atoms with van der Waals surface area (Å²) in [4.78, 5) is 5.60. The van der Waals surface area contributed by atoms with Gasteiger partial charge in [-0.05, 0) is 64.8 Å². The molecule has 3 heteroatoms. The Kier molecular flexibility index (Phi) is 5.86. The van der Waals surface area contributed by atoms with E-state index in [0.717, 1.165) is 13.0 Å². The van der Waals surface area contributed by atoms with Crippen LogP contribution in [0.2, 0.25) is 0 Å². The van der Waals surface area contributed by atoms with E-state index >= 15 is 0 Å². The first kappa shape index (κ1) is 15.0. The number of hydrogen-bond donors (Lipinski definition) is 1. The van der Waals surface area contributed by atoms with Gasteiger partial charge in [0.25, 0.3) is 0 Å². The van der Waals surface area contributed by atoms with Crippen LogP contribution in [0.1, 0.15) is 49.8 Å². The zero-order valence-electron chi connectivity index (χ0n) is 12.6. The van der Waals surface area contributed by atoms with Crippen molar-refractivity contribution in [2.45, 2.75) is 65.1 Å². The average molecular weight is 280 g/mol. The topological polar surface area (TPSA) is 15.3 Å². The van der Waals surface area contributed by atoms with E-state index in [1.165, 1.54) is 42.1 Å². The van der Waals surface area contributed by atoms with Gasteiger partial charge in [-0.2, -0.15) is 0 Å². The van der Waals surface area contributed by atoms with Gasteiger partial charge < -0.3 is 10.2 Å². The molecular formula is C16H28N2S. The molecule has 0 aromatic carbocycles. The van der Waals surface area contributed by atoms with Crippen molar-refractivity contribution in [1.29, 1.82) is 0 Å². The summed E-state index contributed by atoms with van der Waals surface area (Å²) in [5.41, 5.74) is 0. The zero-order chi connectivity index (χ0) is 13.7. The third kappa shape index (κ3) is 4.59. The minimum Gasteiger partial charge on any atom is -0.309 e. The molecule has 0 aliphatic carbocycles. The van der Waals surface area contributed by atoms with E-state index in [-0.39, 0.29) is 0 Å². The maximum Gasteiger partial charge on any atom is 0.0302 e. The van der Waals surface area contributed by atoms with E-state index in [1.54, 1.807) is 0 Å². The lowest BCUT2D eigenvalue weighted by atomic mass is 10.1. The number of thiophene rings is 1. The van der Waals surface area contributed by atoms with Crippen LogP contribution >= 0.6 is 11.3 Å². The molecule has 1 aliphatic rings. The number of hydrogen-bond acceptors (Lipinski definition) is 3. The molecule has 1 saturated heterocycles. The van der Waals surface area contributed by atoms with Gasteiger partial charge in [0.1, 0.15) is 0 Å². The molecular weight excluding hydrogens is 252 g/mol. The zero-order valence-corrected chi connectivity index (χ0v) is 13.4. The molecule has 1 fully saturated rings. The summed E-state index contributed by atoms with van der Waals surface area (Å²) in [6, 6.07) is 5.96. The number of likely N-dealkylation sites (tertiary alicyclic amines) is 1. The number of nitrogens with one attached hydrogen (secondary N) is 1. The lowest BCUT2D eigenvalue weighted by molar-refractivity contribution is 0.229. The highest BCUT2D eigenvalue weighted by Gasteiger charge is 2.18. The smallest absolute Gasteiger partial charge is 0.0302 e. The fourth-order valence-corrected chi connectivity index (χ4v) is 3.70. The number of aryl methyl sites for hydroxylation is 1. The van der Waals surface area contributed by atoms with Crippen molar-refractivity contribution >= 4 is 11.3 Å². The minimum absolute atomic E-state index is 0.697. The molecule has 19 heavy (non-hydrogen) atoms. The maximum absolute atomic E-state index is 3.76. The van der Waals surface area contributed by atoms with E-state index < -0.39 is 0 Å². The van der Waals surface area contributed by atoms with Gasteiger partial charge >= 0.3 is 0 Å². The molecule has 0 saturated carbocycles. The Balaban J connectivity index is 1.77. The molecule has 1 N–H and O–H groups in total. The fourth-order valence-electron chi connectivity index (χ4n) is 2.79. The Hall–Kier alpha value is -0.380. The second-order valence-electron chi connectivity index (χ2n) is 5.86. The van der Waals surface area contributed by atoms with Crippen molar-refractivity contribution in [3.05, 3.63) is 21.9 Å². The summed E-state index contributed by atoms with van der Waals surface area (Å²) in [5, 5.41) is 3.76. The minimum atomic E-state index is 0.697. The summed E-state index contributed by atoms with van der Waals surface area (Å²) < 4.78 is 0. The molecule has 108 valence electrons. The molecule has 1 aromatic rings. The molecule has 0 bridgehead atoms. The molecule has 0 radical (unpaired) electrons. The van der Waals surface area contributed by atoms with Crippen LogP contribution in [0.15, 0.2) is 12.1 Å². The van der Waals surface area contributed by atoms with Crippen LogP contribution in [0.25, 0.3) is 0 Å². The highest BCUT2D eigenvalue weighted by Crippen LogP contribution is 2.18. The molecule has 1 unspecified atom stereocenters. The lowest BCUT2D eigenvalue weighted by Crippen LogP contribution is -2.33. The van der Waals surface area contributed by atoms with Gasteiger partial charge in [-0.1, -0.05) is 6.92 Å². The standard InChI is InChI=1S/C16H28N2S/c1-4-15-7-8-16(19-15)12-17-14-6-5-10-18(11-9-14)13(2)3/h7-8,13-14,17H,4-6,9-12H2,1-3H3. The van der Waals surface area contributed by atoms with Gasteiger partial charge in [0.05, 0.1) is 0 Å². The summed E-state index contributed by atoms with van der Waals surface area (Å²) in [5.74, 6) is 0. The molecule has 2 rings (SSSR count). The second kappa shape index (κ2) is 7.41. The summed E-state index contributed by atoms with van der Waals surface area (Å²) in [7, 11) is 0. The van der Waals surface area contributed by atoms with Crippen LogP contribution < -0.4 is 5.32 Å². The molecule has 1 aliphatic heterocycles. The molecule has 2 nitrogen and oxygen atoms in total. The highest BCUT2D eigenvalue weighted by molar-refractivity contribution is 7.11. The van der Waals surface area contributed by atoms with Gasteiger partial charge in [0.2, 0.25) is 0 Å². The van der Waals surface area contributed by atoms with E-state index in [9.17, 15) is 0 Å². The van der Waals surface area contributed by atoms with Crippen LogP contribution in [-0.2, 0) is 13.0 Å². The first-order valence-corrected chi connectivity index (χ1v) is 8.55. The first-order valence-electron chi connectivity index (χ1n) is 7.74.